The van der Waals surface area contributed by atoms with Crippen LogP contribution in [0.1, 0.15) is 19.3 Å². The van der Waals surface area contributed by atoms with Gasteiger partial charge in [-0.1, -0.05) is 30.3 Å². The molecule has 0 aliphatic carbocycles. The van der Waals surface area contributed by atoms with Crippen molar-refractivity contribution in [2.24, 2.45) is 0 Å². The van der Waals surface area contributed by atoms with E-state index in [2.05, 4.69) is 44.5 Å². The lowest BCUT2D eigenvalue weighted by Crippen LogP contribution is -2.36. The van der Waals surface area contributed by atoms with Gasteiger partial charge in [0.1, 0.15) is 17.0 Å². The number of hydrogen-bond acceptors (Lipinski definition) is 6. The second-order valence-electron chi connectivity index (χ2n) is 7.27. The molecule has 0 bridgehead atoms. The Balaban J connectivity index is 1.63. The molecule has 0 spiro atoms. The molecule has 28 heavy (non-hydrogen) atoms. The second-order valence-corrected chi connectivity index (χ2v) is 8.13. The van der Waals surface area contributed by atoms with Crippen LogP contribution in [0.25, 0.3) is 21.3 Å². The van der Waals surface area contributed by atoms with Crippen molar-refractivity contribution >= 4 is 33.3 Å². The molecule has 6 nitrogen and oxygen atoms in total. The molecule has 146 valence electrons. The van der Waals surface area contributed by atoms with Crippen LogP contribution in [0.3, 0.4) is 0 Å². The molecule has 4 rings (SSSR count). The van der Waals surface area contributed by atoms with Crippen molar-refractivity contribution in [2.75, 3.05) is 31.6 Å². The van der Waals surface area contributed by atoms with E-state index in [1.165, 1.54) is 11.1 Å². The van der Waals surface area contributed by atoms with E-state index >= 15 is 0 Å². The Labute approximate surface area is 168 Å². The van der Waals surface area contributed by atoms with Crippen LogP contribution < -0.4 is 4.90 Å². The minimum atomic E-state index is -0.771. The fourth-order valence-corrected chi connectivity index (χ4v) is 4.91. The summed E-state index contributed by atoms with van der Waals surface area (Å²) >= 11 is 1.65. The molecule has 1 aliphatic rings. The van der Waals surface area contributed by atoms with Crippen LogP contribution in [-0.2, 0) is 4.79 Å². The third-order valence-electron chi connectivity index (χ3n) is 5.44. The van der Waals surface area contributed by atoms with E-state index in [-0.39, 0.29) is 12.6 Å². The van der Waals surface area contributed by atoms with Crippen molar-refractivity contribution < 1.29 is 9.90 Å². The van der Waals surface area contributed by atoms with Crippen molar-refractivity contribution in [3.8, 4) is 11.1 Å². The number of carbonyl (C=O) groups is 1. The summed E-state index contributed by atoms with van der Waals surface area (Å²) in [6.45, 7) is 1.88. The molecular weight excluding hydrogens is 372 g/mol. The van der Waals surface area contributed by atoms with E-state index in [1.807, 2.05) is 18.0 Å². The highest BCUT2D eigenvalue weighted by Crippen LogP contribution is 2.38. The first-order valence-corrected chi connectivity index (χ1v) is 10.5. The Bertz CT molecular complexity index is 959. The summed E-state index contributed by atoms with van der Waals surface area (Å²) in [5.41, 5.74) is 2.36. The molecule has 0 amide bonds. The van der Waals surface area contributed by atoms with E-state index < -0.39 is 5.97 Å². The maximum absolute atomic E-state index is 11.0. The predicted octanol–water partition coefficient (Wildman–Crippen LogP) is 3.73. The van der Waals surface area contributed by atoms with E-state index in [0.717, 1.165) is 48.4 Å². The SMILES string of the molecule is CN(CC(=O)O)C1CCCN(c2ncnc3scc(-c4ccccc4)c23)CC1. The van der Waals surface area contributed by atoms with E-state index in [4.69, 9.17) is 5.11 Å². The standard InChI is InChI=1S/C21H24N4O2S/c1-24(12-18(26)27)16-8-5-10-25(11-9-16)20-19-17(15-6-3-2-4-7-15)13-28-21(19)23-14-22-20/h2-4,6-7,13-14,16H,5,8-12H2,1H3,(H,26,27). The Morgan fingerprint density at radius 2 is 2.07 bits per heavy atom. The molecule has 1 aromatic carbocycles. The fourth-order valence-electron chi connectivity index (χ4n) is 4.00. The number of carboxylic acids is 1. The quantitative estimate of drug-likeness (QED) is 0.709. The van der Waals surface area contributed by atoms with Gasteiger partial charge < -0.3 is 10.0 Å². The normalized spacial score (nSPS) is 17.8. The van der Waals surface area contributed by atoms with Crippen LogP contribution in [0.15, 0.2) is 42.0 Å². The summed E-state index contributed by atoms with van der Waals surface area (Å²) in [5.74, 6) is 0.221. The van der Waals surface area contributed by atoms with Crippen LogP contribution in [-0.4, -0.2) is 58.7 Å². The number of thiophene rings is 1. The molecule has 0 radical (unpaired) electrons. The third-order valence-corrected chi connectivity index (χ3v) is 6.33. The topological polar surface area (TPSA) is 69.6 Å². The van der Waals surface area contributed by atoms with Crippen LogP contribution in [0.4, 0.5) is 5.82 Å². The van der Waals surface area contributed by atoms with Gasteiger partial charge >= 0.3 is 5.97 Å². The molecule has 1 unspecified atom stereocenters. The Morgan fingerprint density at radius 1 is 1.25 bits per heavy atom. The number of hydrogen-bond donors (Lipinski definition) is 1. The third kappa shape index (κ3) is 3.86. The van der Waals surface area contributed by atoms with Crippen LogP contribution in [0.2, 0.25) is 0 Å². The summed E-state index contributed by atoms with van der Waals surface area (Å²) in [7, 11) is 1.91. The second kappa shape index (κ2) is 8.24. The van der Waals surface area contributed by atoms with E-state index in [1.54, 1.807) is 17.7 Å². The maximum atomic E-state index is 11.0. The van der Waals surface area contributed by atoms with Crippen LogP contribution in [0, 0.1) is 0 Å². The number of anilines is 1. The zero-order valence-corrected chi connectivity index (χ0v) is 16.7. The lowest BCUT2D eigenvalue weighted by atomic mass is 10.1. The lowest BCUT2D eigenvalue weighted by molar-refractivity contribution is -0.138. The van der Waals surface area contributed by atoms with Gasteiger partial charge in [0.25, 0.3) is 0 Å². The van der Waals surface area contributed by atoms with Gasteiger partial charge in [-0.2, -0.15) is 0 Å². The molecule has 2 aromatic heterocycles. The number of carboxylic acid groups (broad SMARTS) is 1. The maximum Gasteiger partial charge on any atom is 0.317 e. The van der Waals surface area contributed by atoms with Gasteiger partial charge in [0.2, 0.25) is 0 Å². The smallest absolute Gasteiger partial charge is 0.317 e. The minimum Gasteiger partial charge on any atom is -0.480 e. The number of aliphatic carboxylic acids is 1. The van der Waals surface area contributed by atoms with Gasteiger partial charge in [-0.15, -0.1) is 11.3 Å². The first-order chi connectivity index (χ1) is 13.6. The van der Waals surface area contributed by atoms with Crippen molar-refractivity contribution in [3.63, 3.8) is 0 Å². The van der Waals surface area contributed by atoms with Gasteiger partial charge in [0.05, 0.1) is 11.9 Å². The van der Waals surface area contributed by atoms with Crippen molar-refractivity contribution in [1.29, 1.82) is 0 Å². The number of likely N-dealkylation sites (N-methyl/N-ethyl adjacent to an activating group) is 1. The molecule has 7 heteroatoms. The largest absolute Gasteiger partial charge is 0.480 e. The summed E-state index contributed by atoms with van der Waals surface area (Å²) in [6, 6.07) is 10.7. The highest BCUT2D eigenvalue weighted by atomic mass is 32.1. The highest BCUT2D eigenvalue weighted by molar-refractivity contribution is 7.17. The molecule has 3 aromatic rings. The van der Waals surface area contributed by atoms with E-state index in [9.17, 15) is 4.79 Å². The van der Waals surface area contributed by atoms with Crippen LogP contribution in [0.5, 0.6) is 0 Å². The average molecular weight is 397 g/mol. The summed E-state index contributed by atoms with van der Waals surface area (Å²) in [6.07, 6.45) is 4.61. The van der Waals surface area contributed by atoms with Gasteiger partial charge in [0, 0.05) is 30.1 Å². The molecule has 3 heterocycles. The molecule has 1 atom stereocenters. The lowest BCUT2D eigenvalue weighted by Gasteiger charge is -2.26. The summed E-state index contributed by atoms with van der Waals surface area (Å²) in [4.78, 5) is 25.5. The Kier molecular flexibility index (Phi) is 5.54. The average Bonchev–Trinajstić information content (AvgIpc) is 2.97. The highest BCUT2D eigenvalue weighted by Gasteiger charge is 2.24. The summed E-state index contributed by atoms with van der Waals surface area (Å²) < 4.78 is 0. The monoisotopic (exact) mass is 396 g/mol. The number of benzene rings is 1. The van der Waals surface area contributed by atoms with Crippen molar-refractivity contribution in [3.05, 3.63) is 42.0 Å². The number of fused-ring (bicyclic) bond motifs is 1. The Morgan fingerprint density at radius 3 is 2.86 bits per heavy atom. The fraction of sp³-hybridized carbons (Fsp3) is 0.381. The molecule has 1 fully saturated rings. The van der Waals surface area contributed by atoms with Gasteiger partial charge in [-0.05, 0) is 31.9 Å². The zero-order chi connectivity index (χ0) is 19.5. The Hall–Kier alpha value is -2.51. The van der Waals surface area contributed by atoms with E-state index in [0.29, 0.717) is 0 Å². The molecule has 1 N–H and O–H groups in total. The van der Waals surface area contributed by atoms with Gasteiger partial charge in [0.15, 0.2) is 0 Å². The molecule has 1 aliphatic heterocycles. The van der Waals surface area contributed by atoms with Crippen LogP contribution >= 0.6 is 11.3 Å². The van der Waals surface area contributed by atoms with Gasteiger partial charge in [-0.25, -0.2) is 9.97 Å². The van der Waals surface area contributed by atoms with Gasteiger partial charge in [-0.3, -0.25) is 9.69 Å². The molecule has 0 saturated carbocycles. The number of aromatic nitrogens is 2. The first-order valence-electron chi connectivity index (χ1n) is 9.58. The van der Waals surface area contributed by atoms with Crippen molar-refractivity contribution in [2.45, 2.75) is 25.3 Å². The van der Waals surface area contributed by atoms with Crippen molar-refractivity contribution in [1.82, 2.24) is 14.9 Å². The predicted molar refractivity (Wildman–Crippen MR) is 113 cm³/mol. The minimum absolute atomic E-state index is 0.0884. The summed E-state index contributed by atoms with van der Waals surface area (Å²) in [5, 5.41) is 12.4. The molecule has 1 saturated heterocycles. The zero-order valence-electron chi connectivity index (χ0n) is 15.9. The first kappa shape index (κ1) is 18.8. The number of rotatable bonds is 5. The number of nitrogens with zero attached hydrogens (tertiary/aromatic N) is 4. The molecular formula is C21H24N4O2S.